The summed E-state index contributed by atoms with van der Waals surface area (Å²) in [4.78, 5) is 30.2. The first-order chi connectivity index (χ1) is 18.1. The highest BCUT2D eigenvalue weighted by molar-refractivity contribution is 5.81. The van der Waals surface area contributed by atoms with Gasteiger partial charge in [-0.15, -0.1) is 0 Å². The number of halogens is 2. The minimum atomic E-state index is -2.78. The molecule has 12 heteroatoms. The molecule has 1 N–H and O–H groups in total. The van der Waals surface area contributed by atoms with E-state index in [4.69, 9.17) is 19.4 Å². The number of imidazole rings is 1. The van der Waals surface area contributed by atoms with Gasteiger partial charge < -0.3 is 24.6 Å². The fourth-order valence-electron chi connectivity index (χ4n) is 5.21. The minimum Gasteiger partial charge on any atom is -0.378 e. The molecule has 0 radical (unpaired) electrons. The van der Waals surface area contributed by atoms with Crippen molar-refractivity contribution in [3.05, 3.63) is 36.2 Å². The smallest absolute Gasteiger partial charge is 0.296 e. The normalized spacial score (nSPS) is 22.4. The summed E-state index contributed by atoms with van der Waals surface area (Å²) in [6.45, 7) is 4.06. The molecule has 0 saturated carbocycles. The molecule has 3 aliphatic heterocycles. The van der Waals surface area contributed by atoms with Gasteiger partial charge in [-0.05, 0) is 31.4 Å². The number of amides is 1. The van der Waals surface area contributed by atoms with Gasteiger partial charge in [-0.1, -0.05) is 12.1 Å². The molecule has 0 bridgehead atoms. The minimum absolute atomic E-state index is 0.0280. The third-order valence-electron chi connectivity index (χ3n) is 7.06. The van der Waals surface area contributed by atoms with Crippen LogP contribution in [-0.2, 0) is 14.3 Å². The number of anilines is 2. The summed E-state index contributed by atoms with van der Waals surface area (Å²) in [5.41, 5.74) is 1.02. The molecule has 2 aromatic heterocycles. The fourth-order valence-corrected chi connectivity index (χ4v) is 5.21. The number of carbonyl (C=O) groups is 1. The van der Waals surface area contributed by atoms with E-state index in [0.29, 0.717) is 74.6 Å². The maximum atomic E-state index is 14.1. The molecule has 10 nitrogen and oxygen atoms in total. The van der Waals surface area contributed by atoms with Gasteiger partial charge in [-0.3, -0.25) is 9.36 Å². The molecule has 0 unspecified atom stereocenters. The Balaban J connectivity index is 1.33. The topological polar surface area (TPSA) is 97.6 Å². The zero-order valence-electron chi connectivity index (χ0n) is 20.4. The van der Waals surface area contributed by atoms with Crippen molar-refractivity contribution in [2.45, 2.75) is 37.8 Å². The van der Waals surface area contributed by atoms with Gasteiger partial charge in [0.2, 0.25) is 5.95 Å². The fraction of sp³-hybridized carbons (Fsp3) is 0.520. The van der Waals surface area contributed by atoms with Gasteiger partial charge in [0.25, 0.3) is 12.3 Å². The van der Waals surface area contributed by atoms with Crippen molar-refractivity contribution in [2.24, 2.45) is 0 Å². The number of fused-ring (bicyclic) bond motifs is 1. The molecule has 3 aliphatic rings. The molecule has 0 aliphatic carbocycles. The van der Waals surface area contributed by atoms with Crippen molar-refractivity contribution in [3.8, 4) is 5.82 Å². The summed E-state index contributed by atoms with van der Waals surface area (Å²) in [5, 5.41) is 3.43. The van der Waals surface area contributed by atoms with E-state index in [9.17, 15) is 13.6 Å². The Morgan fingerprint density at radius 1 is 1.05 bits per heavy atom. The van der Waals surface area contributed by atoms with Crippen molar-refractivity contribution in [1.29, 1.82) is 0 Å². The Kier molecular flexibility index (Phi) is 6.59. The number of hydrogen-bond acceptors (Lipinski definition) is 8. The third-order valence-corrected chi connectivity index (χ3v) is 7.06. The van der Waals surface area contributed by atoms with Crippen LogP contribution in [0.5, 0.6) is 0 Å². The zero-order chi connectivity index (χ0) is 25.4. The number of nitrogens with one attached hydrogen (secondary N) is 1. The highest BCUT2D eigenvalue weighted by atomic mass is 19.3. The van der Waals surface area contributed by atoms with Crippen LogP contribution in [0.3, 0.4) is 0 Å². The number of rotatable bonds is 6. The van der Waals surface area contributed by atoms with Gasteiger partial charge in [0.15, 0.2) is 5.82 Å². The molecule has 3 fully saturated rings. The lowest BCUT2D eigenvalue weighted by Gasteiger charge is -2.28. The molecule has 6 rings (SSSR count). The van der Waals surface area contributed by atoms with Crippen LogP contribution < -0.4 is 10.2 Å². The van der Waals surface area contributed by atoms with E-state index in [1.165, 1.54) is 4.57 Å². The molecule has 1 amide bonds. The Morgan fingerprint density at radius 2 is 1.89 bits per heavy atom. The first-order valence-corrected chi connectivity index (χ1v) is 12.7. The maximum Gasteiger partial charge on any atom is 0.296 e. The highest BCUT2D eigenvalue weighted by Gasteiger charge is 2.33. The highest BCUT2D eigenvalue weighted by Crippen LogP contribution is 2.29. The van der Waals surface area contributed by atoms with Crippen molar-refractivity contribution in [3.63, 3.8) is 0 Å². The lowest BCUT2D eigenvalue weighted by atomic mass is 10.2. The average Bonchev–Trinajstić information content (AvgIpc) is 3.69. The van der Waals surface area contributed by atoms with Crippen LogP contribution in [0.25, 0.3) is 16.9 Å². The zero-order valence-corrected chi connectivity index (χ0v) is 20.4. The summed E-state index contributed by atoms with van der Waals surface area (Å²) in [5.74, 6) is 0.930. The van der Waals surface area contributed by atoms with Crippen molar-refractivity contribution in [2.75, 3.05) is 56.2 Å². The maximum absolute atomic E-state index is 14.1. The van der Waals surface area contributed by atoms with E-state index < -0.39 is 6.43 Å². The van der Waals surface area contributed by atoms with Crippen LogP contribution in [0.15, 0.2) is 30.3 Å². The Hall–Kier alpha value is -3.38. The Bertz CT molecular complexity index is 1270. The molecule has 1 aromatic carbocycles. The molecule has 5 heterocycles. The average molecular weight is 514 g/mol. The predicted molar refractivity (Wildman–Crippen MR) is 132 cm³/mol. The van der Waals surface area contributed by atoms with Gasteiger partial charge in [-0.2, -0.15) is 9.97 Å². The van der Waals surface area contributed by atoms with E-state index >= 15 is 0 Å². The molecule has 37 heavy (non-hydrogen) atoms. The number of para-hydroxylation sites is 2. The van der Waals surface area contributed by atoms with E-state index in [2.05, 4.69) is 10.3 Å². The van der Waals surface area contributed by atoms with Crippen molar-refractivity contribution >= 4 is 28.7 Å². The summed E-state index contributed by atoms with van der Waals surface area (Å²) >= 11 is 0. The second-order valence-corrected chi connectivity index (χ2v) is 9.52. The number of ether oxygens (including phenoxy) is 2. The molecule has 0 spiro atoms. The molecule has 3 aromatic rings. The van der Waals surface area contributed by atoms with E-state index in [1.807, 2.05) is 9.80 Å². The van der Waals surface area contributed by atoms with E-state index in [-0.39, 0.29) is 23.9 Å². The lowest BCUT2D eigenvalue weighted by Crippen LogP contribution is -2.39. The number of aromatic nitrogens is 4. The predicted octanol–water partition coefficient (Wildman–Crippen LogP) is 2.78. The van der Waals surface area contributed by atoms with Crippen LogP contribution in [0.4, 0.5) is 20.5 Å². The molecule has 196 valence electrons. The van der Waals surface area contributed by atoms with E-state index in [0.717, 1.165) is 19.3 Å². The standard InChI is InChI=1S/C25H29F2N7O3/c26-22(27)23-29-17-4-1-2-5-18(17)34(23)21-14-20(30-25(31-21)32-9-12-36-13-10-32)28-16-7-8-33(15-16)24(35)19-6-3-11-37-19/h1-2,4-5,14,16,19,22H,3,6-13,15H2,(H,28,30,31)/t16-,19+/m0/s1. The van der Waals surface area contributed by atoms with Gasteiger partial charge in [0, 0.05) is 44.9 Å². The summed E-state index contributed by atoms with van der Waals surface area (Å²) < 4.78 is 40.6. The molecular weight excluding hydrogens is 484 g/mol. The van der Waals surface area contributed by atoms with Crippen LogP contribution in [0, 0.1) is 0 Å². The largest absolute Gasteiger partial charge is 0.378 e. The first-order valence-electron chi connectivity index (χ1n) is 12.7. The number of nitrogens with zero attached hydrogens (tertiary/aromatic N) is 6. The molecular formula is C25H29F2N7O3. The second kappa shape index (κ2) is 10.2. The Morgan fingerprint density at radius 3 is 2.68 bits per heavy atom. The van der Waals surface area contributed by atoms with Gasteiger partial charge in [-0.25, -0.2) is 13.8 Å². The van der Waals surface area contributed by atoms with Crippen LogP contribution in [0.1, 0.15) is 31.5 Å². The van der Waals surface area contributed by atoms with Crippen molar-refractivity contribution < 1.29 is 23.0 Å². The summed E-state index contributed by atoms with van der Waals surface area (Å²) in [6, 6.07) is 8.67. The number of morpholine rings is 1. The molecule has 3 saturated heterocycles. The van der Waals surface area contributed by atoms with Crippen LogP contribution in [-0.4, -0.2) is 88.5 Å². The second-order valence-electron chi connectivity index (χ2n) is 9.52. The van der Waals surface area contributed by atoms with E-state index in [1.54, 1.807) is 30.3 Å². The summed E-state index contributed by atoms with van der Waals surface area (Å²) in [7, 11) is 0. The number of likely N-dealkylation sites (tertiary alicyclic amines) is 1. The monoisotopic (exact) mass is 513 g/mol. The van der Waals surface area contributed by atoms with Crippen LogP contribution in [0.2, 0.25) is 0 Å². The first kappa shape index (κ1) is 24.0. The number of alkyl halides is 2. The number of carbonyl (C=O) groups excluding carboxylic acids is 1. The number of hydrogen-bond donors (Lipinski definition) is 1. The van der Waals surface area contributed by atoms with Gasteiger partial charge in [0.1, 0.15) is 17.7 Å². The summed E-state index contributed by atoms with van der Waals surface area (Å²) in [6.07, 6.45) is -0.709. The van der Waals surface area contributed by atoms with Crippen molar-refractivity contribution in [1.82, 2.24) is 24.4 Å². The Labute approximate surface area is 212 Å². The van der Waals surface area contributed by atoms with Crippen LogP contribution >= 0.6 is 0 Å². The van der Waals surface area contributed by atoms with Gasteiger partial charge in [0.05, 0.1) is 24.2 Å². The molecule has 2 atom stereocenters. The third kappa shape index (κ3) is 4.82. The van der Waals surface area contributed by atoms with Gasteiger partial charge >= 0.3 is 0 Å². The SMILES string of the molecule is O=C([C@H]1CCCO1)N1CC[C@H](Nc2cc(-n3c(C(F)F)nc4ccccc43)nc(N3CCOCC3)n2)C1. The number of benzene rings is 1. The quantitative estimate of drug-likeness (QED) is 0.538. The lowest BCUT2D eigenvalue weighted by molar-refractivity contribution is -0.139.